The second-order valence-electron chi connectivity index (χ2n) is 10.6. The number of hydrogen-bond donors (Lipinski definition) is 1. The van der Waals surface area contributed by atoms with E-state index in [1.165, 1.54) is 12.1 Å². The van der Waals surface area contributed by atoms with Crippen LogP contribution in [0, 0.1) is 11.2 Å². The summed E-state index contributed by atoms with van der Waals surface area (Å²) in [7, 11) is 0. The lowest BCUT2D eigenvalue weighted by atomic mass is 9.93. The van der Waals surface area contributed by atoms with E-state index >= 15 is 0 Å². The fourth-order valence-electron chi connectivity index (χ4n) is 4.41. The predicted octanol–water partition coefficient (Wildman–Crippen LogP) is 5.92. The van der Waals surface area contributed by atoms with Crippen molar-refractivity contribution in [2.24, 2.45) is 5.41 Å². The predicted molar refractivity (Wildman–Crippen MR) is 147 cm³/mol. The van der Waals surface area contributed by atoms with E-state index in [0.29, 0.717) is 24.4 Å². The Bertz CT molecular complexity index is 1460. The van der Waals surface area contributed by atoms with Crippen LogP contribution in [0.1, 0.15) is 32.8 Å². The number of ether oxygens (including phenoxy) is 3. The Hall–Kier alpha value is -4.33. The Balaban J connectivity index is 1.46. The first-order valence-corrected chi connectivity index (χ1v) is 12.9. The van der Waals surface area contributed by atoms with Gasteiger partial charge >= 0.3 is 0 Å². The fraction of sp³-hybridized carbons (Fsp3) is 0.290. The molecule has 0 aliphatic carbocycles. The number of nitrogens with one attached hydrogen (secondary N) is 1. The van der Waals surface area contributed by atoms with Crippen LogP contribution in [-0.2, 0) is 20.7 Å². The van der Waals surface area contributed by atoms with Crippen molar-refractivity contribution in [2.75, 3.05) is 6.79 Å². The first-order chi connectivity index (χ1) is 18.8. The number of halogens is 1. The quantitative estimate of drug-likeness (QED) is 0.291. The van der Waals surface area contributed by atoms with Gasteiger partial charge in [-0.05, 0) is 48.0 Å². The number of fused-ring (bicyclic) bond motifs is 1. The van der Waals surface area contributed by atoms with Gasteiger partial charge in [0.05, 0.1) is 23.4 Å². The van der Waals surface area contributed by atoms with Crippen molar-refractivity contribution in [1.82, 2.24) is 15.1 Å². The normalized spacial score (nSPS) is 14.7. The Morgan fingerprint density at radius 3 is 2.54 bits per heavy atom. The van der Waals surface area contributed by atoms with Gasteiger partial charge in [-0.1, -0.05) is 51.1 Å². The van der Waals surface area contributed by atoms with Gasteiger partial charge < -0.3 is 19.5 Å². The molecule has 1 aromatic heterocycles. The number of hydrogen-bond acceptors (Lipinski definition) is 5. The summed E-state index contributed by atoms with van der Waals surface area (Å²) in [6.07, 6.45) is 3.92. The van der Waals surface area contributed by atoms with Gasteiger partial charge in [-0.3, -0.25) is 4.79 Å². The fourth-order valence-corrected chi connectivity index (χ4v) is 4.41. The number of rotatable bonds is 9. The number of carbonyl (C=O) groups is 1. The third-order valence-electron chi connectivity index (χ3n) is 6.57. The minimum Gasteiger partial charge on any atom is -0.488 e. The highest BCUT2D eigenvalue weighted by Gasteiger charge is 2.32. The van der Waals surface area contributed by atoms with Gasteiger partial charge in [0.15, 0.2) is 0 Å². The highest BCUT2D eigenvalue weighted by molar-refractivity contribution is 5.82. The van der Waals surface area contributed by atoms with Gasteiger partial charge in [0.2, 0.25) is 12.7 Å². The average molecular weight is 530 g/mol. The van der Waals surface area contributed by atoms with E-state index in [0.717, 1.165) is 22.2 Å². The second-order valence-corrected chi connectivity index (χ2v) is 10.6. The van der Waals surface area contributed by atoms with Crippen molar-refractivity contribution in [3.8, 4) is 11.4 Å². The molecule has 0 radical (unpaired) electrons. The molecule has 1 amide bonds. The van der Waals surface area contributed by atoms with Crippen LogP contribution < -0.4 is 10.1 Å². The maximum Gasteiger partial charge on any atom is 0.229 e. The van der Waals surface area contributed by atoms with Crippen molar-refractivity contribution < 1.29 is 23.4 Å². The van der Waals surface area contributed by atoms with Crippen LogP contribution in [0.3, 0.4) is 0 Å². The molecule has 0 spiro atoms. The van der Waals surface area contributed by atoms with Gasteiger partial charge in [-0.25, -0.2) is 9.07 Å². The molecule has 5 rings (SSSR count). The lowest BCUT2D eigenvalue weighted by Gasteiger charge is -2.31. The van der Waals surface area contributed by atoms with Crippen LogP contribution in [-0.4, -0.2) is 34.6 Å². The topological polar surface area (TPSA) is 74.6 Å². The van der Waals surface area contributed by atoms with E-state index in [1.807, 2.05) is 69.3 Å². The summed E-state index contributed by atoms with van der Waals surface area (Å²) < 4.78 is 32.7. The lowest BCUT2D eigenvalue weighted by molar-refractivity contribution is -0.130. The SMILES string of the molecule is CC(C)(C)C(=O)N[C@@H](CC1=COCO1)[C@H](Cc1ccccc1)Oc1ccc2c(cnn2-c2ccc(F)cc2)c1. The molecule has 0 saturated heterocycles. The van der Waals surface area contributed by atoms with E-state index in [4.69, 9.17) is 14.2 Å². The summed E-state index contributed by atoms with van der Waals surface area (Å²) >= 11 is 0. The molecule has 0 fully saturated rings. The van der Waals surface area contributed by atoms with Crippen molar-refractivity contribution in [2.45, 2.75) is 45.8 Å². The number of amides is 1. The van der Waals surface area contributed by atoms with Crippen LogP contribution in [0.2, 0.25) is 0 Å². The summed E-state index contributed by atoms with van der Waals surface area (Å²) in [5.74, 6) is 0.931. The summed E-state index contributed by atoms with van der Waals surface area (Å²) in [6, 6.07) is 21.6. The molecule has 8 heteroatoms. The number of benzene rings is 3. The summed E-state index contributed by atoms with van der Waals surface area (Å²) in [5.41, 5.74) is 2.14. The minimum absolute atomic E-state index is 0.0790. The maximum absolute atomic E-state index is 13.4. The Kier molecular flexibility index (Phi) is 7.54. The van der Waals surface area contributed by atoms with Crippen LogP contribution in [0.5, 0.6) is 5.75 Å². The van der Waals surface area contributed by atoms with Gasteiger partial charge in [0, 0.05) is 23.6 Å². The minimum atomic E-state index is -0.579. The van der Waals surface area contributed by atoms with E-state index in [-0.39, 0.29) is 24.6 Å². The smallest absolute Gasteiger partial charge is 0.229 e. The van der Waals surface area contributed by atoms with Gasteiger partial charge in [0.1, 0.15) is 29.7 Å². The lowest BCUT2D eigenvalue weighted by Crippen LogP contribution is -2.50. The first-order valence-electron chi connectivity index (χ1n) is 12.9. The number of carbonyl (C=O) groups excluding carboxylic acids is 1. The van der Waals surface area contributed by atoms with E-state index in [9.17, 15) is 9.18 Å². The molecule has 3 aromatic carbocycles. The molecule has 1 aliphatic rings. The van der Waals surface area contributed by atoms with Crippen molar-refractivity contribution in [3.63, 3.8) is 0 Å². The zero-order chi connectivity index (χ0) is 27.4. The highest BCUT2D eigenvalue weighted by Crippen LogP contribution is 2.27. The highest BCUT2D eigenvalue weighted by atomic mass is 19.1. The van der Waals surface area contributed by atoms with Crippen LogP contribution in [0.25, 0.3) is 16.6 Å². The summed E-state index contributed by atoms with van der Waals surface area (Å²) in [4.78, 5) is 13.1. The van der Waals surface area contributed by atoms with Crippen LogP contribution in [0.15, 0.2) is 91.0 Å². The van der Waals surface area contributed by atoms with Crippen LogP contribution in [0.4, 0.5) is 4.39 Å². The zero-order valence-electron chi connectivity index (χ0n) is 22.3. The van der Waals surface area contributed by atoms with Gasteiger partial charge in [-0.2, -0.15) is 5.10 Å². The molecule has 39 heavy (non-hydrogen) atoms. The average Bonchev–Trinajstić information content (AvgIpc) is 3.58. The maximum atomic E-state index is 13.4. The van der Waals surface area contributed by atoms with Crippen molar-refractivity contribution in [1.29, 1.82) is 0 Å². The molecule has 4 aromatic rings. The number of nitrogens with zero attached hydrogens (tertiary/aromatic N) is 2. The molecule has 1 N–H and O–H groups in total. The largest absolute Gasteiger partial charge is 0.488 e. The molecule has 2 atom stereocenters. The first kappa shape index (κ1) is 26.3. The third kappa shape index (κ3) is 6.39. The van der Waals surface area contributed by atoms with Gasteiger partial charge in [-0.15, -0.1) is 0 Å². The molecule has 1 aliphatic heterocycles. The Morgan fingerprint density at radius 1 is 1.08 bits per heavy atom. The molecular formula is C31H32FN3O4. The summed E-state index contributed by atoms with van der Waals surface area (Å²) in [6.45, 7) is 5.81. The second kappa shape index (κ2) is 11.2. The third-order valence-corrected chi connectivity index (χ3v) is 6.57. The molecule has 7 nitrogen and oxygen atoms in total. The molecule has 2 heterocycles. The molecule has 0 saturated carbocycles. The standard InChI is InChI=1S/C31H32FN3O4/c1-31(2,3)30(36)34-27(17-26-19-37-20-38-26)29(15-21-7-5-4-6-8-21)39-25-13-14-28-22(16-25)18-33-35(28)24-11-9-23(32)10-12-24/h4-14,16,18-19,27,29H,15,17,20H2,1-3H3,(H,34,36)/t27-,29-/m0/s1. The van der Waals surface area contributed by atoms with Crippen LogP contribution >= 0.6 is 0 Å². The molecular weight excluding hydrogens is 497 g/mol. The molecule has 0 bridgehead atoms. The van der Waals surface area contributed by atoms with E-state index in [1.54, 1.807) is 29.3 Å². The number of aromatic nitrogens is 2. The Labute approximate surface area is 227 Å². The van der Waals surface area contributed by atoms with Crippen molar-refractivity contribution in [3.05, 3.63) is 102 Å². The van der Waals surface area contributed by atoms with Crippen molar-refractivity contribution >= 4 is 16.8 Å². The van der Waals surface area contributed by atoms with E-state index in [2.05, 4.69) is 10.4 Å². The molecule has 0 unspecified atom stereocenters. The van der Waals surface area contributed by atoms with E-state index < -0.39 is 11.5 Å². The molecule has 202 valence electrons. The monoisotopic (exact) mass is 529 g/mol. The van der Waals surface area contributed by atoms with Gasteiger partial charge in [0.25, 0.3) is 0 Å². The Morgan fingerprint density at radius 2 is 1.85 bits per heavy atom. The summed E-state index contributed by atoms with van der Waals surface area (Å²) in [5, 5.41) is 8.58. The zero-order valence-corrected chi connectivity index (χ0v) is 22.3.